The number of hydrogen-bond acceptors (Lipinski definition) is 3. The van der Waals surface area contributed by atoms with Gasteiger partial charge in [0.25, 0.3) is 5.91 Å². The number of carbonyl (C=O) groups is 1. The lowest BCUT2D eigenvalue weighted by Gasteiger charge is -2.20. The molecule has 1 amide bonds. The Balaban J connectivity index is 2.74. The van der Waals surface area contributed by atoms with Crippen molar-refractivity contribution in [2.45, 2.75) is 58.8 Å². The fourth-order valence-corrected chi connectivity index (χ4v) is 2.44. The molecule has 1 aromatic rings. The monoisotopic (exact) mass is 357 g/mol. The number of ether oxygens (including phenoxy) is 1. The van der Waals surface area contributed by atoms with Crippen LogP contribution in [-0.4, -0.2) is 23.2 Å². The van der Waals surface area contributed by atoms with Crippen LogP contribution in [0.25, 0.3) is 0 Å². The molecule has 0 saturated carbocycles. The Morgan fingerprint density at radius 3 is 2.62 bits per heavy atom. The van der Waals surface area contributed by atoms with E-state index in [-0.39, 0.29) is 11.9 Å². The molecule has 0 radical (unpaired) electrons. The van der Waals surface area contributed by atoms with Gasteiger partial charge in [0.05, 0.1) is 6.10 Å². The van der Waals surface area contributed by atoms with E-state index in [0.29, 0.717) is 11.3 Å². The highest BCUT2D eigenvalue weighted by molar-refractivity contribution is 9.10. The van der Waals surface area contributed by atoms with Crippen LogP contribution in [0.1, 0.15) is 52.2 Å². The van der Waals surface area contributed by atoms with Crippen molar-refractivity contribution in [3.63, 3.8) is 0 Å². The molecule has 118 valence electrons. The summed E-state index contributed by atoms with van der Waals surface area (Å²) in [5.74, 6) is 0.384. The summed E-state index contributed by atoms with van der Waals surface area (Å²) in [7, 11) is 0. The lowest BCUT2D eigenvalue weighted by atomic mass is 10.1. The average Bonchev–Trinajstić information content (AvgIpc) is 2.40. The minimum Gasteiger partial charge on any atom is -0.481 e. The van der Waals surface area contributed by atoms with Gasteiger partial charge in [0.15, 0.2) is 6.10 Å². The van der Waals surface area contributed by atoms with Crippen molar-refractivity contribution in [3.05, 3.63) is 28.2 Å². The number of aliphatic hydroxyl groups is 1. The summed E-state index contributed by atoms with van der Waals surface area (Å²) in [6.07, 6.45) is 0.695. The van der Waals surface area contributed by atoms with Crippen LogP contribution < -0.4 is 10.1 Å². The van der Waals surface area contributed by atoms with E-state index in [1.807, 2.05) is 13.0 Å². The zero-order chi connectivity index (χ0) is 16.0. The largest absolute Gasteiger partial charge is 0.481 e. The zero-order valence-corrected chi connectivity index (χ0v) is 14.6. The molecule has 21 heavy (non-hydrogen) atoms. The second-order valence-corrected chi connectivity index (χ2v) is 6.23. The first-order chi connectivity index (χ1) is 9.85. The van der Waals surface area contributed by atoms with E-state index < -0.39 is 12.2 Å². The fraction of sp³-hybridized carbons (Fsp3) is 0.562. The van der Waals surface area contributed by atoms with Crippen LogP contribution in [0, 0.1) is 0 Å². The van der Waals surface area contributed by atoms with Gasteiger partial charge >= 0.3 is 0 Å². The number of aliphatic hydroxyl groups excluding tert-OH is 1. The van der Waals surface area contributed by atoms with E-state index >= 15 is 0 Å². The Kier molecular flexibility index (Phi) is 7.18. The first-order valence-electron chi connectivity index (χ1n) is 7.29. The molecule has 0 aliphatic heterocycles. The van der Waals surface area contributed by atoms with Crippen molar-refractivity contribution in [2.75, 3.05) is 0 Å². The second-order valence-electron chi connectivity index (χ2n) is 5.32. The van der Waals surface area contributed by atoms with Crippen LogP contribution in [0.5, 0.6) is 5.75 Å². The van der Waals surface area contributed by atoms with E-state index in [2.05, 4.69) is 28.2 Å². The summed E-state index contributed by atoms with van der Waals surface area (Å²) < 4.78 is 6.57. The number of amides is 1. The molecule has 1 rings (SSSR count). The number of halogens is 1. The van der Waals surface area contributed by atoms with E-state index in [9.17, 15) is 9.90 Å². The molecular formula is C16H24BrNO3. The Morgan fingerprint density at radius 1 is 1.38 bits per heavy atom. The summed E-state index contributed by atoms with van der Waals surface area (Å²) >= 11 is 3.36. The Hall–Kier alpha value is -1.07. The van der Waals surface area contributed by atoms with Gasteiger partial charge in [0.1, 0.15) is 5.75 Å². The van der Waals surface area contributed by atoms with Crippen molar-refractivity contribution < 1.29 is 14.6 Å². The maximum atomic E-state index is 12.1. The Morgan fingerprint density at radius 2 is 2.05 bits per heavy atom. The van der Waals surface area contributed by atoms with Gasteiger partial charge in [0, 0.05) is 16.1 Å². The van der Waals surface area contributed by atoms with Crippen LogP contribution in [-0.2, 0) is 4.79 Å². The minimum absolute atomic E-state index is 0.134. The SMILES string of the molecule is CCCC(C)NC(=O)C(C)Oc1ccc(Br)cc1[C@H](C)O. The van der Waals surface area contributed by atoms with Gasteiger partial charge in [0.2, 0.25) is 0 Å². The molecule has 0 fully saturated rings. The molecule has 0 aliphatic carbocycles. The average molecular weight is 358 g/mol. The quantitative estimate of drug-likeness (QED) is 0.783. The van der Waals surface area contributed by atoms with Crippen molar-refractivity contribution in [1.82, 2.24) is 5.32 Å². The van der Waals surface area contributed by atoms with Gasteiger partial charge in [-0.25, -0.2) is 0 Å². The van der Waals surface area contributed by atoms with Gasteiger partial charge in [-0.3, -0.25) is 4.79 Å². The van der Waals surface area contributed by atoms with Gasteiger partial charge in [-0.2, -0.15) is 0 Å². The number of rotatable bonds is 7. The van der Waals surface area contributed by atoms with Gasteiger partial charge in [-0.15, -0.1) is 0 Å². The first kappa shape index (κ1) is 18.0. The third kappa shape index (κ3) is 5.67. The summed E-state index contributed by atoms with van der Waals surface area (Å²) in [6.45, 7) is 7.44. The number of carbonyl (C=O) groups excluding carboxylic acids is 1. The topological polar surface area (TPSA) is 58.6 Å². The molecule has 0 bridgehead atoms. The normalized spacial score (nSPS) is 15.1. The summed E-state index contributed by atoms with van der Waals surface area (Å²) in [6, 6.07) is 5.51. The first-order valence-corrected chi connectivity index (χ1v) is 8.09. The molecule has 0 heterocycles. The molecule has 2 unspecified atom stereocenters. The number of nitrogens with one attached hydrogen (secondary N) is 1. The van der Waals surface area contributed by atoms with E-state index in [1.165, 1.54) is 0 Å². The van der Waals surface area contributed by atoms with Crippen LogP contribution in [0.2, 0.25) is 0 Å². The Labute approximate surface area is 135 Å². The summed E-state index contributed by atoms with van der Waals surface area (Å²) in [5, 5.41) is 12.7. The molecular weight excluding hydrogens is 334 g/mol. The number of hydrogen-bond donors (Lipinski definition) is 2. The molecule has 1 aromatic carbocycles. The predicted molar refractivity (Wildman–Crippen MR) is 87.4 cm³/mol. The molecule has 4 nitrogen and oxygen atoms in total. The lowest BCUT2D eigenvalue weighted by molar-refractivity contribution is -0.128. The predicted octanol–water partition coefficient (Wildman–Crippen LogP) is 3.57. The highest BCUT2D eigenvalue weighted by atomic mass is 79.9. The highest BCUT2D eigenvalue weighted by Crippen LogP contribution is 2.29. The standard InChI is InChI=1S/C16H24BrNO3/c1-5-6-10(2)18-16(20)12(4)21-15-8-7-13(17)9-14(15)11(3)19/h7-12,19H,5-6H2,1-4H3,(H,18,20)/t10?,11-,12?/m0/s1. The van der Waals surface area contributed by atoms with Crippen LogP contribution in [0.3, 0.4) is 0 Å². The lowest BCUT2D eigenvalue weighted by Crippen LogP contribution is -2.41. The van der Waals surface area contributed by atoms with E-state index in [4.69, 9.17) is 4.74 Å². The van der Waals surface area contributed by atoms with Crippen molar-refractivity contribution >= 4 is 21.8 Å². The molecule has 2 N–H and O–H groups in total. The molecule has 0 saturated heterocycles. The van der Waals surface area contributed by atoms with Crippen LogP contribution in [0.15, 0.2) is 22.7 Å². The van der Waals surface area contributed by atoms with E-state index in [1.54, 1.807) is 26.0 Å². The number of benzene rings is 1. The second kappa shape index (κ2) is 8.39. The molecule has 0 aliphatic rings. The smallest absolute Gasteiger partial charge is 0.260 e. The third-order valence-corrected chi connectivity index (χ3v) is 3.70. The maximum Gasteiger partial charge on any atom is 0.260 e. The van der Waals surface area contributed by atoms with Crippen molar-refractivity contribution in [1.29, 1.82) is 0 Å². The Bertz CT molecular complexity index is 477. The van der Waals surface area contributed by atoms with Crippen molar-refractivity contribution in [2.24, 2.45) is 0 Å². The van der Waals surface area contributed by atoms with Gasteiger partial charge < -0.3 is 15.2 Å². The van der Waals surface area contributed by atoms with Crippen molar-refractivity contribution in [3.8, 4) is 5.75 Å². The summed E-state index contributed by atoms with van der Waals surface area (Å²) in [5.41, 5.74) is 0.658. The summed E-state index contributed by atoms with van der Waals surface area (Å²) in [4.78, 5) is 12.1. The van der Waals surface area contributed by atoms with Gasteiger partial charge in [-0.05, 0) is 45.4 Å². The molecule has 0 aromatic heterocycles. The highest BCUT2D eigenvalue weighted by Gasteiger charge is 2.19. The minimum atomic E-state index is -0.660. The van der Waals surface area contributed by atoms with E-state index in [0.717, 1.165) is 17.3 Å². The fourth-order valence-electron chi connectivity index (χ4n) is 2.06. The van der Waals surface area contributed by atoms with Crippen LogP contribution >= 0.6 is 15.9 Å². The zero-order valence-electron chi connectivity index (χ0n) is 13.0. The molecule has 5 heteroatoms. The molecule has 0 spiro atoms. The third-order valence-electron chi connectivity index (χ3n) is 3.21. The van der Waals surface area contributed by atoms with Gasteiger partial charge in [-0.1, -0.05) is 29.3 Å². The maximum absolute atomic E-state index is 12.1. The van der Waals surface area contributed by atoms with Crippen LogP contribution in [0.4, 0.5) is 0 Å². The molecule has 3 atom stereocenters.